The molecule has 1 amide bonds. The van der Waals surface area contributed by atoms with Crippen LogP contribution in [0.4, 0.5) is 0 Å². The van der Waals surface area contributed by atoms with E-state index in [1.54, 1.807) is 0 Å². The number of hydrogen-bond donors (Lipinski definition) is 0. The molecule has 1 aliphatic rings. The van der Waals surface area contributed by atoms with Crippen molar-refractivity contribution in [2.24, 2.45) is 5.92 Å². The molecule has 32 heavy (non-hydrogen) atoms. The van der Waals surface area contributed by atoms with E-state index in [0.717, 1.165) is 25.7 Å². The van der Waals surface area contributed by atoms with Crippen LogP contribution in [0.2, 0.25) is 0 Å². The van der Waals surface area contributed by atoms with Crippen LogP contribution in [0, 0.1) is 5.92 Å². The van der Waals surface area contributed by atoms with E-state index in [-0.39, 0.29) is 11.8 Å². The zero-order valence-electron chi connectivity index (χ0n) is 18.9. The molecular weight excluding hydrogens is 473 g/mol. The molecule has 1 N–H and O–H groups in total. The summed E-state index contributed by atoms with van der Waals surface area (Å²) in [5.41, 5.74) is 7.23. The Kier molecular flexibility index (Phi) is 13.4. The Bertz CT molecular complexity index is 902. The molecule has 2 nitrogen and oxygen atoms in total. The number of halogens is 2. The molecule has 1 aliphatic carbocycles. The third-order valence-electron chi connectivity index (χ3n) is 6.00. The van der Waals surface area contributed by atoms with Crippen molar-refractivity contribution in [3.63, 3.8) is 0 Å². The minimum absolute atomic E-state index is 0.0458. The number of nitrogens with one attached hydrogen (secondary N) is 1. The van der Waals surface area contributed by atoms with Crippen molar-refractivity contribution in [1.29, 1.82) is 0 Å². The van der Waals surface area contributed by atoms with E-state index < -0.39 is 15.3 Å². The molecule has 0 heterocycles. The largest absolute Gasteiger partial charge is 0.668 e. The van der Waals surface area contributed by atoms with Crippen LogP contribution in [0.1, 0.15) is 70.6 Å². The summed E-state index contributed by atoms with van der Waals surface area (Å²) < 4.78 is 0. The van der Waals surface area contributed by atoms with Crippen molar-refractivity contribution in [3.05, 3.63) is 60.3 Å². The summed E-state index contributed by atoms with van der Waals surface area (Å²) in [6.45, 7) is 0. The van der Waals surface area contributed by atoms with Crippen LogP contribution in [-0.2, 0) is 20.1 Å². The monoisotopic (exact) mass is 507 g/mol. The minimum Gasteiger partial charge on any atom is -0.668 e. The summed E-state index contributed by atoms with van der Waals surface area (Å²) in [5.74, 6) is -0.281. The number of carbonyl (C=O) groups excluding carboxylic acids is 1. The maximum Gasteiger partial charge on any atom is 0.0519 e. The van der Waals surface area contributed by atoms with Crippen LogP contribution < -0.4 is 0 Å². The van der Waals surface area contributed by atoms with Crippen LogP contribution in [0.15, 0.2) is 54.6 Å². The van der Waals surface area contributed by atoms with Gasteiger partial charge >= 0.3 is 38.7 Å². The van der Waals surface area contributed by atoms with Crippen molar-refractivity contribution in [1.82, 2.24) is 0 Å². The molecule has 0 bridgehead atoms. The van der Waals surface area contributed by atoms with E-state index in [2.05, 4.69) is 59.4 Å². The van der Waals surface area contributed by atoms with Gasteiger partial charge in [0, 0.05) is 5.92 Å². The normalized spacial score (nSPS) is 15.9. The third kappa shape index (κ3) is 10.3. The maximum atomic E-state index is 11.1. The zero-order chi connectivity index (χ0) is 23.2. The van der Waals surface area contributed by atoms with Crippen LogP contribution in [0.3, 0.4) is 0 Å². The Morgan fingerprint density at radius 3 is 1.50 bits per heavy atom. The Morgan fingerprint density at radius 2 is 1.12 bits per heavy atom. The van der Waals surface area contributed by atoms with Crippen LogP contribution in [-0.4, -0.2) is 10.7 Å². The van der Waals surface area contributed by atoms with Crippen LogP contribution in [0.25, 0.3) is 27.3 Å². The molecule has 0 aliphatic heterocycles. The number of carbonyl (C=O) groups is 1. The zero-order valence-corrected chi connectivity index (χ0v) is 22.0. The van der Waals surface area contributed by atoms with Gasteiger partial charge in [0.15, 0.2) is 0 Å². The van der Waals surface area contributed by atoms with E-state index in [1.165, 1.54) is 66.5 Å². The molecule has 0 unspecified atom stereocenters. The number of benzene rings is 2. The van der Waals surface area contributed by atoms with Crippen LogP contribution >= 0.6 is 18.6 Å². The topological polar surface area (TPSA) is 40.9 Å². The predicted molar refractivity (Wildman–Crippen MR) is 139 cm³/mol. The first-order chi connectivity index (χ1) is 15.5. The summed E-state index contributed by atoms with van der Waals surface area (Å²) in [4.78, 5) is 14.4. The van der Waals surface area contributed by atoms with Gasteiger partial charge in [0.2, 0.25) is 0 Å². The molecule has 0 spiro atoms. The van der Waals surface area contributed by atoms with Crippen molar-refractivity contribution < 1.29 is 20.1 Å². The quantitative estimate of drug-likeness (QED) is 0.238. The van der Waals surface area contributed by atoms with Gasteiger partial charge in [0.1, 0.15) is 0 Å². The van der Waals surface area contributed by atoms with Crippen molar-refractivity contribution in [2.75, 3.05) is 0 Å². The first-order valence-corrected chi connectivity index (χ1v) is 17.2. The van der Waals surface area contributed by atoms with E-state index in [4.69, 9.17) is 24.3 Å². The Morgan fingerprint density at radius 1 is 0.781 bits per heavy atom. The van der Waals surface area contributed by atoms with Gasteiger partial charge in [-0.3, -0.25) is 0 Å². The Balaban J connectivity index is 0.000000196. The number of amides is 1. The molecule has 3 aromatic carbocycles. The second-order valence-corrected chi connectivity index (χ2v) is 14.1. The molecule has 0 aromatic heterocycles. The van der Waals surface area contributed by atoms with Gasteiger partial charge < -0.3 is 10.5 Å². The van der Waals surface area contributed by atoms with E-state index in [9.17, 15) is 4.79 Å². The molecule has 1 saturated carbocycles. The van der Waals surface area contributed by atoms with Gasteiger partial charge in [0.25, 0.3) is 0 Å². The minimum atomic E-state index is -1.64. The summed E-state index contributed by atoms with van der Waals surface area (Å²) in [6, 6.07) is 19.3. The Hall–Kier alpha value is -1.06. The summed E-state index contributed by atoms with van der Waals surface area (Å²) in [7, 11) is 10.2. The molecule has 4 rings (SSSR count). The maximum absolute atomic E-state index is 11.1. The number of fused-ring (bicyclic) bond motifs is 3. The van der Waals surface area contributed by atoms with Crippen LogP contribution in [0.5, 0.6) is 0 Å². The smallest absolute Gasteiger partial charge is 0.0519 e. The summed E-state index contributed by atoms with van der Waals surface area (Å²) >= 11 is -1.64. The second-order valence-electron chi connectivity index (χ2n) is 8.48. The van der Waals surface area contributed by atoms with Gasteiger partial charge in [0.05, 0.1) is 5.91 Å². The third-order valence-corrected chi connectivity index (χ3v) is 6.00. The molecule has 0 atom stereocenters. The van der Waals surface area contributed by atoms with E-state index in [1.807, 2.05) is 0 Å². The van der Waals surface area contributed by atoms with E-state index in [0.29, 0.717) is 0 Å². The average molecular weight is 508 g/mol. The molecule has 1 fully saturated rings. The van der Waals surface area contributed by atoms with Crippen molar-refractivity contribution in [2.45, 2.75) is 70.6 Å². The fraction of sp³-hybridized carbons (Fsp3) is 0.444. The average Bonchev–Trinajstić information content (AvgIpc) is 3.13. The van der Waals surface area contributed by atoms with Crippen molar-refractivity contribution >= 4 is 50.9 Å². The summed E-state index contributed by atoms with van der Waals surface area (Å²) in [5, 5.41) is 5.39. The first kappa shape index (κ1) is 27.2. The molecule has 3 aromatic rings. The first-order valence-electron chi connectivity index (χ1n) is 11.8. The molecule has 174 valence electrons. The van der Waals surface area contributed by atoms with Gasteiger partial charge in [-0.05, 0) is 12.8 Å². The van der Waals surface area contributed by atoms with Gasteiger partial charge in [-0.15, -0.1) is 39.7 Å². The number of rotatable bonds is 1. The number of hydrogen-bond acceptors (Lipinski definition) is 1. The SMILES string of the molecule is [CH2]=[Ti]([Cl])[Cl].[NH-]C(=O)C1CCCCCCCCCCC1.c1ccc2c(c1)[cH-]c1ccccc12. The standard InChI is InChI=1S/C13H25NO.C13H9.CH2.2ClH.Ti/c14-13(15)12-10-8-6-4-2-1-3-5-7-9-11-12;1-3-7-12-10(5-1)9-11-6-2-4-8-13(11)12;;;;/h12H,1-11H2,(H2,14,15);1-9H;1H2;2*1H;/q;-1;;;;+2/p-3. The van der Waals surface area contributed by atoms with Gasteiger partial charge in [-0.25, -0.2) is 0 Å². The van der Waals surface area contributed by atoms with E-state index >= 15 is 0 Å². The second kappa shape index (κ2) is 15.7. The predicted octanol–water partition coefficient (Wildman–Crippen LogP) is 9.54. The molecule has 0 radical (unpaired) electrons. The fourth-order valence-electron chi connectivity index (χ4n) is 4.33. The molecule has 5 heteroatoms. The van der Waals surface area contributed by atoms with Gasteiger partial charge in [-0.1, -0.05) is 94.2 Å². The van der Waals surface area contributed by atoms with Gasteiger partial charge in [-0.2, -0.15) is 0 Å². The molecular formula is C27H35Cl2NOTi-2. The summed E-state index contributed by atoms with van der Waals surface area (Å²) in [6.07, 6.45) is 13.5. The Labute approximate surface area is 206 Å². The fourth-order valence-corrected chi connectivity index (χ4v) is 4.33. The van der Waals surface area contributed by atoms with Crippen molar-refractivity contribution in [3.8, 4) is 0 Å². The molecule has 0 saturated heterocycles.